The van der Waals surface area contributed by atoms with Gasteiger partial charge in [-0.3, -0.25) is 4.79 Å². The number of nitrogens with zero attached hydrogens (tertiary/aromatic N) is 6. The van der Waals surface area contributed by atoms with Crippen molar-refractivity contribution in [2.75, 3.05) is 24.5 Å². The van der Waals surface area contributed by atoms with Crippen molar-refractivity contribution in [3.05, 3.63) is 30.6 Å². The number of carboxylic acid groups (broad SMARTS) is 1. The molecule has 0 bridgehead atoms. The Morgan fingerprint density at radius 2 is 1.94 bits per heavy atom. The van der Waals surface area contributed by atoms with Crippen LogP contribution in [0.3, 0.4) is 0 Å². The number of alkyl halides is 3. The van der Waals surface area contributed by atoms with Gasteiger partial charge < -0.3 is 14.7 Å². The number of carboxylic acids is 1. The maximum atomic E-state index is 13.0. The SMILES string of the molecule is O=C(O)[C@H]1CN(c2nn3cnnc3s2)CCN1S(=O)(=O)c1ccc(OC(F)(F)F)cc1. The van der Waals surface area contributed by atoms with Crippen LogP contribution in [0.5, 0.6) is 5.75 Å². The molecule has 1 saturated heterocycles. The molecule has 1 atom stereocenters. The number of anilines is 1. The van der Waals surface area contributed by atoms with E-state index in [4.69, 9.17) is 0 Å². The largest absolute Gasteiger partial charge is 0.573 e. The first-order chi connectivity index (χ1) is 14.5. The van der Waals surface area contributed by atoms with Gasteiger partial charge in [0.2, 0.25) is 20.1 Å². The van der Waals surface area contributed by atoms with E-state index in [1.54, 1.807) is 4.90 Å². The van der Waals surface area contributed by atoms with Crippen molar-refractivity contribution in [2.45, 2.75) is 17.3 Å². The minimum Gasteiger partial charge on any atom is -0.480 e. The molecule has 0 spiro atoms. The molecular weight excluding hydrogens is 465 g/mol. The number of carbonyl (C=O) groups is 1. The number of fused-ring (bicyclic) bond motifs is 1. The van der Waals surface area contributed by atoms with Crippen molar-refractivity contribution in [3.63, 3.8) is 0 Å². The van der Waals surface area contributed by atoms with Gasteiger partial charge in [0.15, 0.2) is 0 Å². The van der Waals surface area contributed by atoms with Gasteiger partial charge in [-0.2, -0.15) is 8.82 Å². The van der Waals surface area contributed by atoms with E-state index in [-0.39, 0.29) is 24.5 Å². The average Bonchev–Trinajstić information content (AvgIpc) is 3.29. The molecule has 2 aromatic heterocycles. The molecule has 0 saturated carbocycles. The highest BCUT2D eigenvalue weighted by atomic mass is 32.2. The molecule has 3 aromatic rings. The zero-order valence-electron chi connectivity index (χ0n) is 15.3. The number of hydrogen-bond acceptors (Lipinski definition) is 9. The highest BCUT2D eigenvalue weighted by molar-refractivity contribution is 7.89. The Morgan fingerprint density at radius 3 is 2.55 bits per heavy atom. The van der Waals surface area contributed by atoms with Crippen LogP contribution >= 0.6 is 11.3 Å². The fraction of sp³-hybridized carbons (Fsp3) is 0.333. The number of aliphatic carboxylic acids is 1. The van der Waals surface area contributed by atoms with Gasteiger partial charge >= 0.3 is 12.3 Å². The Morgan fingerprint density at radius 1 is 1.23 bits per heavy atom. The summed E-state index contributed by atoms with van der Waals surface area (Å²) in [4.78, 5) is 13.6. The van der Waals surface area contributed by atoms with Gasteiger partial charge in [-0.15, -0.1) is 28.5 Å². The summed E-state index contributed by atoms with van der Waals surface area (Å²) in [5.74, 6) is -1.96. The molecule has 0 radical (unpaired) electrons. The number of hydrogen-bond donors (Lipinski definition) is 1. The van der Waals surface area contributed by atoms with E-state index in [1.165, 1.54) is 22.2 Å². The van der Waals surface area contributed by atoms with E-state index in [1.807, 2.05) is 0 Å². The molecule has 1 aliphatic heterocycles. The quantitative estimate of drug-likeness (QED) is 0.572. The Balaban J connectivity index is 1.56. The monoisotopic (exact) mass is 478 g/mol. The molecule has 4 rings (SSSR count). The lowest BCUT2D eigenvalue weighted by atomic mass is 10.2. The zero-order chi connectivity index (χ0) is 22.4. The Labute approximate surface area is 176 Å². The van der Waals surface area contributed by atoms with E-state index in [9.17, 15) is 31.5 Å². The fourth-order valence-electron chi connectivity index (χ4n) is 3.05. The first kappa shape index (κ1) is 21.3. The first-order valence-electron chi connectivity index (χ1n) is 8.57. The third kappa shape index (κ3) is 4.26. The molecule has 166 valence electrons. The number of benzene rings is 1. The lowest BCUT2D eigenvalue weighted by Crippen LogP contribution is -2.58. The van der Waals surface area contributed by atoms with Crippen molar-refractivity contribution in [2.24, 2.45) is 0 Å². The van der Waals surface area contributed by atoms with E-state index < -0.39 is 34.1 Å². The second-order valence-electron chi connectivity index (χ2n) is 6.38. The number of halogens is 3. The lowest BCUT2D eigenvalue weighted by molar-refractivity contribution is -0.274. The van der Waals surface area contributed by atoms with Gasteiger partial charge in [0.1, 0.15) is 18.1 Å². The molecule has 0 aliphatic carbocycles. The number of rotatable bonds is 5. The van der Waals surface area contributed by atoms with Crippen LogP contribution in [0.1, 0.15) is 0 Å². The van der Waals surface area contributed by atoms with E-state index in [0.29, 0.717) is 10.1 Å². The topological polar surface area (TPSA) is 130 Å². The molecular formula is C15H13F3N6O5S2. The van der Waals surface area contributed by atoms with Gasteiger partial charge in [0.05, 0.1) is 4.90 Å². The van der Waals surface area contributed by atoms with E-state index >= 15 is 0 Å². The second kappa shape index (κ2) is 7.61. The third-order valence-electron chi connectivity index (χ3n) is 4.43. The molecule has 3 heterocycles. The summed E-state index contributed by atoms with van der Waals surface area (Å²) in [7, 11) is -4.29. The minimum absolute atomic E-state index is 0.155. The van der Waals surface area contributed by atoms with Gasteiger partial charge in [-0.25, -0.2) is 8.42 Å². The molecule has 16 heteroatoms. The standard InChI is InChI=1S/C15H13F3N6O5S2/c16-15(17,18)29-9-1-3-10(4-2-9)31(27,28)24-6-5-22(7-11(24)12(25)26)14-21-23-8-19-20-13(23)30-14/h1-4,8,11H,5-7H2,(H,25,26)/t11-/m1/s1. The van der Waals surface area contributed by atoms with Crippen molar-refractivity contribution < 1.29 is 36.2 Å². The normalized spacial score (nSPS) is 18.4. The summed E-state index contributed by atoms with van der Waals surface area (Å²) in [5.41, 5.74) is 0. The maximum absolute atomic E-state index is 13.0. The summed E-state index contributed by atoms with van der Waals surface area (Å²) < 4.78 is 68.8. The Bertz CT molecular complexity index is 1180. The van der Waals surface area contributed by atoms with Gasteiger partial charge in [-0.05, 0) is 24.3 Å². The van der Waals surface area contributed by atoms with Crippen molar-refractivity contribution >= 4 is 37.4 Å². The average molecular weight is 478 g/mol. The lowest BCUT2D eigenvalue weighted by Gasteiger charge is -2.38. The summed E-state index contributed by atoms with van der Waals surface area (Å²) in [6, 6.07) is 2.14. The number of piperazine rings is 1. The third-order valence-corrected chi connectivity index (χ3v) is 7.32. The van der Waals surface area contributed by atoms with Gasteiger partial charge in [0.25, 0.3) is 0 Å². The number of aromatic nitrogens is 4. The Kier molecular flexibility index (Phi) is 5.22. The summed E-state index contributed by atoms with van der Waals surface area (Å²) in [6.07, 6.45) is -3.53. The van der Waals surface area contributed by atoms with Crippen LogP contribution in [0.4, 0.5) is 18.3 Å². The molecule has 1 aliphatic rings. The van der Waals surface area contributed by atoms with Crippen LogP contribution in [-0.4, -0.2) is 75.6 Å². The molecule has 1 fully saturated rings. The predicted octanol–water partition coefficient (Wildman–Crippen LogP) is 1.05. The number of sulfonamides is 1. The highest BCUT2D eigenvalue weighted by Crippen LogP contribution is 2.29. The Hall–Kier alpha value is -2.98. The van der Waals surface area contributed by atoms with Crippen LogP contribution < -0.4 is 9.64 Å². The van der Waals surface area contributed by atoms with Crippen molar-refractivity contribution in [1.82, 2.24) is 24.1 Å². The molecule has 0 unspecified atom stereocenters. The van der Waals surface area contributed by atoms with Crippen LogP contribution in [0, 0.1) is 0 Å². The van der Waals surface area contributed by atoms with Crippen molar-refractivity contribution in [3.8, 4) is 5.75 Å². The van der Waals surface area contributed by atoms with E-state index in [0.717, 1.165) is 28.6 Å². The predicted molar refractivity (Wildman–Crippen MR) is 99.3 cm³/mol. The second-order valence-corrected chi connectivity index (χ2v) is 9.20. The van der Waals surface area contributed by atoms with Crippen LogP contribution in [0.25, 0.3) is 4.96 Å². The molecule has 1 aromatic carbocycles. The zero-order valence-corrected chi connectivity index (χ0v) is 16.9. The molecule has 0 amide bonds. The summed E-state index contributed by atoms with van der Waals surface area (Å²) in [6.45, 7) is -0.184. The minimum atomic E-state index is -4.92. The number of ether oxygens (including phenoxy) is 1. The molecule has 1 N–H and O–H groups in total. The summed E-state index contributed by atoms with van der Waals surface area (Å²) >= 11 is 1.17. The fourth-order valence-corrected chi connectivity index (χ4v) is 5.48. The highest BCUT2D eigenvalue weighted by Gasteiger charge is 2.41. The van der Waals surface area contributed by atoms with Crippen LogP contribution in [-0.2, 0) is 14.8 Å². The first-order valence-corrected chi connectivity index (χ1v) is 10.8. The van der Waals surface area contributed by atoms with E-state index in [2.05, 4.69) is 20.0 Å². The van der Waals surface area contributed by atoms with Gasteiger partial charge in [0, 0.05) is 19.6 Å². The maximum Gasteiger partial charge on any atom is 0.573 e. The molecule has 11 nitrogen and oxygen atoms in total. The van der Waals surface area contributed by atoms with Gasteiger partial charge in [-0.1, -0.05) is 11.3 Å². The summed E-state index contributed by atoms with van der Waals surface area (Å²) in [5, 5.41) is 21.9. The van der Waals surface area contributed by atoms with Crippen LogP contribution in [0.15, 0.2) is 35.5 Å². The van der Waals surface area contributed by atoms with Crippen molar-refractivity contribution in [1.29, 1.82) is 0 Å². The smallest absolute Gasteiger partial charge is 0.480 e. The molecule has 31 heavy (non-hydrogen) atoms. The van der Waals surface area contributed by atoms with Crippen LogP contribution in [0.2, 0.25) is 0 Å².